The van der Waals surface area contributed by atoms with Gasteiger partial charge in [0, 0.05) is 19.2 Å². The van der Waals surface area contributed by atoms with E-state index in [9.17, 15) is 18.7 Å². The molecule has 1 aromatic rings. The molecule has 1 aromatic carbocycles. The number of aliphatic hydroxyl groups excluding tert-OH is 1. The number of rotatable bonds is 1. The summed E-state index contributed by atoms with van der Waals surface area (Å²) in [5.41, 5.74) is 0.0938. The highest BCUT2D eigenvalue weighted by Gasteiger charge is 2.29. The lowest BCUT2D eigenvalue weighted by Gasteiger charge is -2.34. The van der Waals surface area contributed by atoms with Gasteiger partial charge < -0.3 is 10.0 Å². The van der Waals surface area contributed by atoms with E-state index in [0.29, 0.717) is 13.0 Å². The van der Waals surface area contributed by atoms with Gasteiger partial charge in [0.2, 0.25) is 0 Å². The molecule has 5 heteroatoms. The van der Waals surface area contributed by atoms with Gasteiger partial charge in [-0.3, -0.25) is 4.79 Å². The molecule has 19 heavy (non-hydrogen) atoms. The van der Waals surface area contributed by atoms with Crippen LogP contribution in [0.2, 0.25) is 0 Å². The summed E-state index contributed by atoms with van der Waals surface area (Å²) in [6.07, 6.45) is 0.0802. The zero-order chi connectivity index (χ0) is 14.2. The molecule has 2 rings (SSSR count). The summed E-state index contributed by atoms with van der Waals surface area (Å²) in [7, 11) is 0. The lowest BCUT2D eigenvalue weighted by molar-refractivity contribution is 0.0246. The number of amides is 1. The number of carbonyl (C=O) groups is 1. The molecule has 2 unspecified atom stereocenters. The molecular weight excluding hydrogens is 252 g/mol. The van der Waals surface area contributed by atoms with Crippen molar-refractivity contribution in [2.24, 2.45) is 5.92 Å². The fourth-order valence-electron chi connectivity index (χ4n) is 2.22. The van der Waals surface area contributed by atoms with Gasteiger partial charge in [-0.15, -0.1) is 0 Å². The van der Waals surface area contributed by atoms with Crippen LogP contribution < -0.4 is 0 Å². The second kappa shape index (κ2) is 5.25. The molecule has 2 atom stereocenters. The highest BCUT2D eigenvalue weighted by molar-refractivity contribution is 5.94. The molecule has 0 radical (unpaired) electrons. The van der Waals surface area contributed by atoms with Crippen LogP contribution in [0.4, 0.5) is 8.78 Å². The maximum Gasteiger partial charge on any atom is 0.256 e. The zero-order valence-corrected chi connectivity index (χ0v) is 11.0. The van der Waals surface area contributed by atoms with Crippen molar-refractivity contribution in [3.63, 3.8) is 0 Å². The number of likely N-dealkylation sites (tertiary alicyclic amines) is 1. The van der Waals surface area contributed by atoms with Crippen molar-refractivity contribution in [2.75, 3.05) is 13.1 Å². The van der Waals surface area contributed by atoms with Crippen molar-refractivity contribution in [1.82, 2.24) is 4.90 Å². The van der Waals surface area contributed by atoms with Gasteiger partial charge >= 0.3 is 0 Å². The molecule has 1 saturated heterocycles. The highest BCUT2D eigenvalue weighted by Crippen LogP contribution is 2.21. The number of nitrogens with zero attached hydrogens (tertiary/aromatic N) is 1. The molecule has 3 nitrogen and oxygen atoms in total. The molecule has 0 bridgehead atoms. The van der Waals surface area contributed by atoms with Gasteiger partial charge in [-0.25, -0.2) is 8.78 Å². The predicted octanol–water partition coefficient (Wildman–Crippen LogP) is 2.12. The zero-order valence-electron chi connectivity index (χ0n) is 11.0. The van der Waals surface area contributed by atoms with E-state index in [0.717, 1.165) is 6.07 Å². The van der Waals surface area contributed by atoms with Crippen LogP contribution in [0.25, 0.3) is 0 Å². The number of aliphatic hydroxyl groups is 1. The molecule has 104 valence electrons. The number of hydrogen-bond donors (Lipinski definition) is 1. The van der Waals surface area contributed by atoms with Gasteiger partial charge in [-0.2, -0.15) is 0 Å². The average molecular weight is 269 g/mol. The first-order chi connectivity index (χ1) is 8.90. The summed E-state index contributed by atoms with van der Waals surface area (Å²) in [6.45, 7) is 4.07. The predicted molar refractivity (Wildman–Crippen MR) is 66.8 cm³/mol. The first-order valence-corrected chi connectivity index (χ1v) is 6.33. The third kappa shape index (κ3) is 2.76. The third-order valence-electron chi connectivity index (χ3n) is 3.68. The minimum Gasteiger partial charge on any atom is -0.391 e. The summed E-state index contributed by atoms with van der Waals surface area (Å²) in [5, 5.41) is 9.76. The molecule has 1 aliphatic heterocycles. The van der Waals surface area contributed by atoms with Gasteiger partial charge in [0.25, 0.3) is 5.91 Å². The minimum absolute atomic E-state index is 0.129. The Morgan fingerprint density at radius 2 is 2.05 bits per heavy atom. The molecule has 0 aromatic heterocycles. The maximum absolute atomic E-state index is 13.7. The molecule has 1 amide bonds. The van der Waals surface area contributed by atoms with Crippen LogP contribution in [0.5, 0.6) is 0 Å². The quantitative estimate of drug-likeness (QED) is 0.848. The molecular formula is C14H17F2NO2. The second-order valence-electron chi connectivity index (χ2n) is 5.17. The van der Waals surface area contributed by atoms with Crippen molar-refractivity contribution in [3.8, 4) is 0 Å². The van der Waals surface area contributed by atoms with Crippen molar-refractivity contribution >= 4 is 5.91 Å². The van der Waals surface area contributed by atoms with Crippen molar-refractivity contribution in [3.05, 3.63) is 34.9 Å². The molecule has 1 aliphatic rings. The largest absolute Gasteiger partial charge is 0.391 e. The minimum atomic E-state index is -0.860. The fraction of sp³-hybridized carbons (Fsp3) is 0.500. The van der Waals surface area contributed by atoms with Gasteiger partial charge in [-0.1, -0.05) is 6.92 Å². The van der Waals surface area contributed by atoms with Crippen LogP contribution >= 0.6 is 0 Å². The topological polar surface area (TPSA) is 40.5 Å². The van der Waals surface area contributed by atoms with E-state index in [4.69, 9.17) is 0 Å². The van der Waals surface area contributed by atoms with Crippen LogP contribution in [-0.2, 0) is 0 Å². The van der Waals surface area contributed by atoms with Gasteiger partial charge in [-0.05, 0) is 30.9 Å². The lowest BCUT2D eigenvalue weighted by Crippen LogP contribution is -2.46. The first kappa shape index (κ1) is 13.9. The summed E-state index contributed by atoms with van der Waals surface area (Å²) >= 11 is 0. The number of aryl methyl sites for hydroxylation is 1. The summed E-state index contributed by atoms with van der Waals surface area (Å²) in [4.78, 5) is 13.6. The van der Waals surface area contributed by atoms with E-state index in [-0.39, 0.29) is 23.6 Å². The van der Waals surface area contributed by atoms with Gasteiger partial charge in [0.1, 0.15) is 11.6 Å². The van der Waals surface area contributed by atoms with E-state index in [2.05, 4.69) is 0 Å². The smallest absolute Gasteiger partial charge is 0.256 e. The number of piperidine rings is 1. The Kier molecular flexibility index (Phi) is 3.85. The molecule has 0 aliphatic carbocycles. The first-order valence-electron chi connectivity index (χ1n) is 6.33. The number of halogens is 2. The van der Waals surface area contributed by atoms with Crippen LogP contribution in [0, 0.1) is 24.5 Å². The molecule has 0 saturated carbocycles. The Balaban J connectivity index is 2.23. The van der Waals surface area contributed by atoms with E-state index >= 15 is 0 Å². The van der Waals surface area contributed by atoms with E-state index in [1.165, 1.54) is 17.9 Å². The van der Waals surface area contributed by atoms with Crippen molar-refractivity contribution in [1.29, 1.82) is 0 Å². The lowest BCUT2D eigenvalue weighted by atomic mass is 9.95. The highest BCUT2D eigenvalue weighted by atomic mass is 19.1. The summed E-state index contributed by atoms with van der Waals surface area (Å²) in [5.74, 6) is -1.89. The Morgan fingerprint density at radius 1 is 1.37 bits per heavy atom. The Hall–Kier alpha value is -1.49. The van der Waals surface area contributed by atoms with E-state index in [1.807, 2.05) is 6.92 Å². The van der Waals surface area contributed by atoms with E-state index in [1.54, 1.807) is 0 Å². The van der Waals surface area contributed by atoms with Crippen molar-refractivity contribution < 1.29 is 18.7 Å². The maximum atomic E-state index is 13.7. The number of hydrogen-bond acceptors (Lipinski definition) is 2. The summed E-state index contributed by atoms with van der Waals surface area (Å²) < 4.78 is 26.8. The SMILES string of the molecule is Cc1cc(C(=O)N2CCC(C)C(O)C2)c(F)cc1F. The molecule has 0 spiro atoms. The standard InChI is InChI=1S/C14H17F2NO2/c1-8-3-4-17(7-13(8)18)14(19)10-5-9(2)11(15)6-12(10)16/h5-6,8,13,18H,3-4,7H2,1-2H3. The second-order valence-corrected chi connectivity index (χ2v) is 5.17. The Morgan fingerprint density at radius 3 is 2.68 bits per heavy atom. The number of β-amino-alcohol motifs (C(OH)–C–C–N with tert-alkyl or cyclic N) is 1. The normalized spacial score (nSPS) is 23.5. The van der Waals surface area contributed by atoms with Crippen molar-refractivity contribution in [2.45, 2.75) is 26.4 Å². The number of benzene rings is 1. The summed E-state index contributed by atoms with van der Waals surface area (Å²) in [6, 6.07) is 1.95. The van der Waals surface area contributed by atoms with Crippen LogP contribution in [0.15, 0.2) is 12.1 Å². The Labute approximate surface area is 110 Å². The number of carbonyl (C=O) groups excluding carboxylic acids is 1. The molecule has 1 heterocycles. The Bertz CT molecular complexity index is 504. The van der Waals surface area contributed by atoms with Crippen LogP contribution in [-0.4, -0.2) is 35.1 Å². The van der Waals surface area contributed by atoms with Crippen LogP contribution in [0.1, 0.15) is 29.3 Å². The fourth-order valence-corrected chi connectivity index (χ4v) is 2.22. The van der Waals surface area contributed by atoms with Gasteiger partial charge in [0.15, 0.2) is 0 Å². The molecule has 1 fully saturated rings. The molecule has 1 N–H and O–H groups in total. The average Bonchev–Trinajstić information content (AvgIpc) is 2.36. The van der Waals surface area contributed by atoms with Gasteiger partial charge in [0.05, 0.1) is 11.7 Å². The monoisotopic (exact) mass is 269 g/mol. The van der Waals surface area contributed by atoms with E-state index < -0.39 is 23.6 Å². The van der Waals surface area contributed by atoms with Crippen LogP contribution in [0.3, 0.4) is 0 Å². The third-order valence-corrected chi connectivity index (χ3v) is 3.68.